The molecule has 0 aromatic heterocycles. The van der Waals surface area contributed by atoms with Crippen molar-refractivity contribution in [1.82, 2.24) is 4.90 Å². The maximum absolute atomic E-state index is 12.5. The first-order chi connectivity index (χ1) is 8.39. The second-order valence-electron chi connectivity index (χ2n) is 6.80. The molecule has 2 fully saturated rings. The lowest BCUT2D eigenvalue weighted by Crippen LogP contribution is -2.52. The third kappa shape index (κ3) is 3.23. The molecule has 104 valence electrons. The molecule has 1 unspecified atom stereocenters. The molecule has 0 bridgehead atoms. The van der Waals surface area contributed by atoms with E-state index in [1.54, 1.807) is 0 Å². The molecule has 18 heavy (non-hydrogen) atoms. The highest BCUT2D eigenvalue weighted by atomic mass is 16.5. The molecule has 4 heteroatoms. The van der Waals surface area contributed by atoms with E-state index in [1.165, 1.54) is 0 Å². The van der Waals surface area contributed by atoms with Crippen molar-refractivity contribution in [2.75, 3.05) is 19.8 Å². The fourth-order valence-corrected chi connectivity index (χ4v) is 2.36. The van der Waals surface area contributed by atoms with Crippen LogP contribution in [0.25, 0.3) is 0 Å². The number of nitrogens with two attached hydrogens (primary N) is 1. The summed E-state index contributed by atoms with van der Waals surface area (Å²) in [4.78, 5) is 14.5. The highest BCUT2D eigenvalue weighted by molar-refractivity contribution is 5.83. The van der Waals surface area contributed by atoms with Crippen molar-refractivity contribution >= 4 is 5.91 Å². The molecule has 4 nitrogen and oxygen atoms in total. The Balaban J connectivity index is 1.98. The van der Waals surface area contributed by atoms with E-state index >= 15 is 0 Å². The van der Waals surface area contributed by atoms with Gasteiger partial charge < -0.3 is 15.4 Å². The molecule has 1 aliphatic heterocycles. The third-order valence-electron chi connectivity index (χ3n) is 3.95. The molecule has 2 N–H and O–H groups in total. The fourth-order valence-electron chi connectivity index (χ4n) is 2.36. The van der Waals surface area contributed by atoms with Gasteiger partial charge in [-0.2, -0.15) is 0 Å². The Hall–Kier alpha value is -0.610. The number of nitrogens with zero attached hydrogens (tertiary/aromatic N) is 1. The van der Waals surface area contributed by atoms with Gasteiger partial charge in [0, 0.05) is 25.1 Å². The van der Waals surface area contributed by atoms with Gasteiger partial charge in [-0.25, -0.2) is 0 Å². The van der Waals surface area contributed by atoms with Crippen LogP contribution in [0.5, 0.6) is 0 Å². The molecule has 0 spiro atoms. The Bertz CT molecular complexity index is 301. The monoisotopic (exact) mass is 254 g/mol. The van der Waals surface area contributed by atoms with Crippen LogP contribution in [-0.4, -0.2) is 42.6 Å². The number of ether oxygens (including phenoxy) is 1. The lowest BCUT2D eigenvalue weighted by molar-refractivity contribution is -0.136. The van der Waals surface area contributed by atoms with Crippen LogP contribution in [0, 0.1) is 11.3 Å². The summed E-state index contributed by atoms with van der Waals surface area (Å²) in [7, 11) is 0. The van der Waals surface area contributed by atoms with Crippen LogP contribution < -0.4 is 5.73 Å². The third-order valence-corrected chi connectivity index (χ3v) is 3.95. The maximum atomic E-state index is 12.5. The Morgan fingerprint density at radius 2 is 2.06 bits per heavy atom. The van der Waals surface area contributed by atoms with Gasteiger partial charge in [-0.15, -0.1) is 0 Å². The quantitative estimate of drug-likeness (QED) is 0.825. The Morgan fingerprint density at radius 1 is 1.39 bits per heavy atom. The van der Waals surface area contributed by atoms with Gasteiger partial charge in [0.15, 0.2) is 0 Å². The molecule has 1 heterocycles. The van der Waals surface area contributed by atoms with Gasteiger partial charge in [0.05, 0.1) is 12.6 Å². The van der Waals surface area contributed by atoms with Crippen molar-refractivity contribution < 1.29 is 9.53 Å². The van der Waals surface area contributed by atoms with Crippen molar-refractivity contribution in [1.29, 1.82) is 0 Å². The minimum Gasteiger partial charge on any atom is -0.381 e. The topological polar surface area (TPSA) is 55.6 Å². The predicted octanol–water partition coefficient (Wildman–Crippen LogP) is 1.39. The van der Waals surface area contributed by atoms with E-state index in [4.69, 9.17) is 10.5 Å². The fraction of sp³-hybridized carbons (Fsp3) is 0.929. The van der Waals surface area contributed by atoms with Crippen LogP contribution in [-0.2, 0) is 9.53 Å². The summed E-state index contributed by atoms with van der Waals surface area (Å²) in [5.74, 6) is 0.624. The Kier molecular flexibility index (Phi) is 3.97. The molecule has 2 aliphatic rings. The minimum atomic E-state index is -0.402. The van der Waals surface area contributed by atoms with Crippen LogP contribution in [0.4, 0.5) is 0 Å². The molecular weight excluding hydrogens is 228 g/mol. The molecule has 2 atom stereocenters. The summed E-state index contributed by atoms with van der Waals surface area (Å²) in [6.07, 6.45) is 3.34. The van der Waals surface area contributed by atoms with Crippen molar-refractivity contribution in [2.45, 2.75) is 52.1 Å². The smallest absolute Gasteiger partial charge is 0.240 e. The largest absolute Gasteiger partial charge is 0.381 e. The number of carbonyl (C=O) groups excluding carboxylic acids is 1. The maximum Gasteiger partial charge on any atom is 0.240 e. The van der Waals surface area contributed by atoms with E-state index in [9.17, 15) is 4.79 Å². The number of amides is 1. The van der Waals surface area contributed by atoms with Gasteiger partial charge in [-0.1, -0.05) is 20.8 Å². The second kappa shape index (κ2) is 5.17. The average Bonchev–Trinajstić information content (AvgIpc) is 3.00. The normalized spacial score (nSPS) is 26.1. The van der Waals surface area contributed by atoms with Gasteiger partial charge in [-0.3, -0.25) is 4.79 Å². The first-order valence-corrected chi connectivity index (χ1v) is 7.03. The lowest BCUT2D eigenvalue weighted by atomic mass is 9.86. The first kappa shape index (κ1) is 13.8. The molecule has 1 aliphatic carbocycles. The van der Waals surface area contributed by atoms with E-state index in [2.05, 4.69) is 0 Å². The Labute approximate surface area is 110 Å². The summed E-state index contributed by atoms with van der Waals surface area (Å²) < 4.78 is 5.40. The van der Waals surface area contributed by atoms with Crippen LogP contribution in [0.1, 0.15) is 40.0 Å². The zero-order chi connectivity index (χ0) is 13.3. The van der Waals surface area contributed by atoms with E-state index < -0.39 is 6.04 Å². The SMILES string of the molecule is CC(C)(C)[C@@H](N)C(=O)N(CC1CCOC1)C1CC1. The van der Waals surface area contributed by atoms with Crippen molar-refractivity contribution in [3.63, 3.8) is 0 Å². The van der Waals surface area contributed by atoms with Crippen molar-refractivity contribution in [3.05, 3.63) is 0 Å². The van der Waals surface area contributed by atoms with Crippen LogP contribution in [0.2, 0.25) is 0 Å². The molecular formula is C14H26N2O2. The standard InChI is InChI=1S/C14H26N2O2/c1-14(2,3)12(15)13(17)16(11-4-5-11)8-10-6-7-18-9-10/h10-12H,4-9,15H2,1-3H3/t10?,12-/m0/s1. The van der Waals surface area contributed by atoms with Gasteiger partial charge in [-0.05, 0) is 24.7 Å². The molecule has 0 aromatic carbocycles. The zero-order valence-corrected chi connectivity index (χ0v) is 11.8. The van der Waals surface area contributed by atoms with Gasteiger partial charge in [0.1, 0.15) is 0 Å². The summed E-state index contributed by atoms with van der Waals surface area (Å²) in [6, 6.07) is 0.0342. The number of carbonyl (C=O) groups is 1. The number of rotatable bonds is 4. The van der Waals surface area contributed by atoms with Crippen molar-refractivity contribution in [2.24, 2.45) is 17.1 Å². The molecule has 1 amide bonds. The van der Waals surface area contributed by atoms with Gasteiger partial charge in [0.25, 0.3) is 0 Å². The zero-order valence-electron chi connectivity index (χ0n) is 11.8. The van der Waals surface area contributed by atoms with Crippen molar-refractivity contribution in [3.8, 4) is 0 Å². The van der Waals surface area contributed by atoms with Crippen LogP contribution in [0.15, 0.2) is 0 Å². The first-order valence-electron chi connectivity index (χ1n) is 7.03. The highest BCUT2D eigenvalue weighted by Crippen LogP contribution is 2.31. The van der Waals surface area contributed by atoms with E-state index in [1.807, 2.05) is 25.7 Å². The molecule has 0 aromatic rings. The second-order valence-corrected chi connectivity index (χ2v) is 6.80. The summed E-state index contributed by atoms with van der Waals surface area (Å²) in [6.45, 7) is 8.54. The van der Waals surface area contributed by atoms with Gasteiger partial charge >= 0.3 is 0 Å². The Morgan fingerprint density at radius 3 is 2.50 bits per heavy atom. The highest BCUT2D eigenvalue weighted by Gasteiger charge is 2.39. The molecule has 2 rings (SSSR count). The average molecular weight is 254 g/mol. The molecule has 1 saturated heterocycles. The summed E-state index contributed by atoms with van der Waals surface area (Å²) >= 11 is 0. The summed E-state index contributed by atoms with van der Waals surface area (Å²) in [5, 5.41) is 0. The van der Waals surface area contributed by atoms with E-state index in [-0.39, 0.29) is 11.3 Å². The lowest BCUT2D eigenvalue weighted by Gasteiger charge is -2.33. The molecule has 1 saturated carbocycles. The van der Waals surface area contributed by atoms with Crippen LogP contribution >= 0.6 is 0 Å². The van der Waals surface area contributed by atoms with E-state index in [0.29, 0.717) is 12.0 Å². The molecule has 0 radical (unpaired) electrons. The van der Waals surface area contributed by atoms with Gasteiger partial charge in [0.2, 0.25) is 5.91 Å². The summed E-state index contributed by atoms with van der Waals surface area (Å²) in [5.41, 5.74) is 5.94. The predicted molar refractivity (Wildman–Crippen MR) is 71.1 cm³/mol. The van der Waals surface area contributed by atoms with Crippen LogP contribution in [0.3, 0.4) is 0 Å². The number of hydrogen-bond donors (Lipinski definition) is 1. The van der Waals surface area contributed by atoms with E-state index in [0.717, 1.165) is 39.0 Å². The minimum absolute atomic E-state index is 0.122. The number of hydrogen-bond acceptors (Lipinski definition) is 3.